The lowest BCUT2D eigenvalue weighted by Gasteiger charge is -2.09. The number of aromatic nitrogens is 2. The number of ether oxygens (including phenoxy) is 1. The molecule has 4 aromatic rings. The molecule has 2 aromatic heterocycles. The number of halogens is 1. The Hall–Kier alpha value is -3.67. The van der Waals surface area contributed by atoms with E-state index in [0.717, 1.165) is 11.1 Å². The monoisotopic (exact) mass is 375 g/mol. The summed E-state index contributed by atoms with van der Waals surface area (Å²) in [4.78, 5) is 16.5. The standard InChI is InChI=1S/C22H18FN3O2/c23-20-6-2-1-4-17(20)14-28-19-10-8-16(9-11-19)12-25-22(27)21-7-3-5-18-13-24-15-26(18)21/h1-11,13,15H,12,14H2,(H,25,27). The predicted octanol–water partition coefficient (Wildman–Crippen LogP) is 3.98. The molecule has 0 spiro atoms. The molecule has 0 unspecified atom stereocenters. The van der Waals surface area contributed by atoms with E-state index < -0.39 is 0 Å². The van der Waals surface area contributed by atoms with Crippen molar-refractivity contribution in [1.29, 1.82) is 0 Å². The molecule has 6 heteroatoms. The zero-order valence-electron chi connectivity index (χ0n) is 15.0. The van der Waals surface area contributed by atoms with Gasteiger partial charge in [-0.25, -0.2) is 9.37 Å². The number of benzene rings is 2. The first-order valence-electron chi connectivity index (χ1n) is 8.85. The molecule has 0 aliphatic carbocycles. The third kappa shape index (κ3) is 3.86. The third-order valence-corrected chi connectivity index (χ3v) is 4.41. The van der Waals surface area contributed by atoms with Crippen LogP contribution in [0.25, 0.3) is 5.52 Å². The summed E-state index contributed by atoms with van der Waals surface area (Å²) in [6.07, 6.45) is 3.32. The first-order valence-corrected chi connectivity index (χ1v) is 8.85. The van der Waals surface area contributed by atoms with E-state index in [4.69, 9.17) is 4.74 Å². The van der Waals surface area contributed by atoms with Gasteiger partial charge < -0.3 is 10.1 Å². The topological polar surface area (TPSA) is 55.6 Å². The smallest absolute Gasteiger partial charge is 0.268 e. The summed E-state index contributed by atoms with van der Waals surface area (Å²) in [5.74, 6) is 0.180. The fourth-order valence-corrected chi connectivity index (χ4v) is 2.89. The second-order valence-electron chi connectivity index (χ2n) is 6.31. The lowest BCUT2D eigenvalue weighted by Crippen LogP contribution is -2.24. The van der Waals surface area contributed by atoms with Gasteiger partial charge in [-0.1, -0.05) is 36.4 Å². The van der Waals surface area contributed by atoms with Gasteiger partial charge in [0.15, 0.2) is 0 Å². The quantitative estimate of drug-likeness (QED) is 0.555. The molecule has 0 fully saturated rings. The molecule has 0 radical (unpaired) electrons. The van der Waals surface area contributed by atoms with Crippen LogP contribution >= 0.6 is 0 Å². The maximum Gasteiger partial charge on any atom is 0.268 e. The maximum absolute atomic E-state index is 13.6. The number of nitrogens with one attached hydrogen (secondary N) is 1. The number of pyridine rings is 1. The van der Waals surface area contributed by atoms with Crippen molar-refractivity contribution >= 4 is 11.4 Å². The Labute approximate surface area is 161 Å². The van der Waals surface area contributed by atoms with Crippen LogP contribution in [0.5, 0.6) is 5.75 Å². The number of hydrogen-bond acceptors (Lipinski definition) is 3. The van der Waals surface area contributed by atoms with Crippen molar-refractivity contribution in [2.24, 2.45) is 0 Å². The summed E-state index contributed by atoms with van der Waals surface area (Å²) in [7, 11) is 0. The number of amides is 1. The molecule has 0 aliphatic heterocycles. The van der Waals surface area contributed by atoms with Crippen molar-refractivity contribution in [2.45, 2.75) is 13.2 Å². The fourth-order valence-electron chi connectivity index (χ4n) is 2.89. The van der Waals surface area contributed by atoms with E-state index in [1.165, 1.54) is 6.07 Å². The van der Waals surface area contributed by atoms with Gasteiger partial charge in [-0.05, 0) is 35.9 Å². The Morgan fingerprint density at radius 1 is 1.04 bits per heavy atom. The SMILES string of the molecule is O=C(NCc1ccc(OCc2ccccc2F)cc1)c1cccc2cncn12. The molecule has 28 heavy (non-hydrogen) atoms. The average Bonchev–Trinajstić information content (AvgIpc) is 3.21. The molecule has 4 rings (SSSR count). The van der Waals surface area contributed by atoms with Crippen molar-refractivity contribution in [2.75, 3.05) is 0 Å². The number of nitrogens with zero attached hydrogens (tertiary/aromatic N) is 2. The van der Waals surface area contributed by atoms with Gasteiger partial charge in [-0.15, -0.1) is 0 Å². The van der Waals surface area contributed by atoms with Crippen LogP contribution in [-0.4, -0.2) is 15.3 Å². The summed E-state index contributed by atoms with van der Waals surface area (Å²) < 4.78 is 21.0. The van der Waals surface area contributed by atoms with Gasteiger partial charge >= 0.3 is 0 Å². The molecule has 1 N–H and O–H groups in total. The highest BCUT2D eigenvalue weighted by Gasteiger charge is 2.09. The maximum atomic E-state index is 13.6. The Morgan fingerprint density at radius 3 is 2.68 bits per heavy atom. The molecule has 2 aromatic carbocycles. The van der Waals surface area contributed by atoms with Crippen LogP contribution in [0.3, 0.4) is 0 Å². The highest BCUT2D eigenvalue weighted by molar-refractivity contribution is 5.93. The molecule has 140 valence electrons. The number of rotatable bonds is 6. The molecule has 1 amide bonds. The van der Waals surface area contributed by atoms with Gasteiger partial charge in [0.1, 0.15) is 23.9 Å². The minimum atomic E-state index is -0.283. The number of carbonyl (C=O) groups excluding carboxylic acids is 1. The summed E-state index contributed by atoms with van der Waals surface area (Å²) in [6.45, 7) is 0.551. The molecule has 0 bridgehead atoms. The van der Waals surface area contributed by atoms with Crippen LogP contribution in [0, 0.1) is 5.82 Å². The second-order valence-corrected chi connectivity index (χ2v) is 6.31. The van der Waals surface area contributed by atoms with Crippen LogP contribution in [0.1, 0.15) is 21.6 Å². The summed E-state index contributed by atoms with van der Waals surface area (Å²) in [6, 6.07) is 19.4. The number of fused-ring (bicyclic) bond motifs is 1. The highest BCUT2D eigenvalue weighted by atomic mass is 19.1. The van der Waals surface area contributed by atoms with Gasteiger partial charge in [-0.3, -0.25) is 9.20 Å². The van der Waals surface area contributed by atoms with E-state index in [-0.39, 0.29) is 18.3 Å². The zero-order chi connectivity index (χ0) is 19.3. The van der Waals surface area contributed by atoms with E-state index >= 15 is 0 Å². The second kappa shape index (κ2) is 7.92. The molecule has 0 atom stereocenters. The normalized spacial score (nSPS) is 10.8. The minimum absolute atomic E-state index is 0.164. The van der Waals surface area contributed by atoms with Crippen molar-refractivity contribution in [1.82, 2.24) is 14.7 Å². The molecular weight excluding hydrogens is 357 g/mol. The average molecular weight is 375 g/mol. The largest absolute Gasteiger partial charge is 0.489 e. The van der Waals surface area contributed by atoms with Crippen LogP contribution in [0.4, 0.5) is 4.39 Å². The van der Waals surface area contributed by atoms with E-state index in [1.54, 1.807) is 53.3 Å². The molecule has 0 saturated heterocycles. The third-order valence-electron chi connectivity index (χ3n) is 4.41. The summed E-state index contributed by atoms with van der Waals surface area (Å²) in [5.41, 5.74) is 2.83. The van der Waals surface area contributed by atoms with Crippen LogP contribution < -0.4 is 10.1 Å². The van der Waals surface area contributed by atoms with Gasteiger partial charge in [0, 0.05) is 12.1 Å². The van der Waals surface area contributed by atoms with Crippen LogP contribution in [0.2, 0.25) is 0 Å². The van der Waals surface area contributed by atoms with Gasteiger partial charge in [0.2, 0.25) is 0 Å². The lowest BCUT2D eigenvalue weighted by atomic mass is 10.2. The van der Waals surface area contributed by atoms with Crippen molar-refractivity contribution in [3.8, 4) is 5.75 Å². The van der Waals surface area contributed by atoms with Crippen LogP contribution in [0.15, 0.2) is 79.3 Å². The van der Waals surface area contributed by atoms with Crippen LogP contribution in [-0.2, 0) is 13.2 Å². The predicted molar refractivity (Wildman–Crippen MR) is 104 cm³/mol. The van der Waals surface area contributed by atoms with Crippen molar-refractivity contribution in [3.63, 3.8) is 0 Å². The van der Waals surface area contributed by atoms with Crippen molar-refractivity contribution in [3.05, 3.63) is 102 Å². The van der Waals surface area contributed by atoms with E-state index in [1.807, 2.05) is 24.3 Å². The van der Waals surface area contributed by atoms with E-state index in [9.17, 15) is 9.18 Å². The number of carbonyl (C=O) groups is 1. The Bertz CT molecular complexity index is 1110. The van der Waals surface area contributed by atoms with Gasteiger partial charge in [0.25, 0.3) is 5.91 Å². The first kappa shape index (κ1) is 17.7. The Kier molecular flexibility index (Phi) is 5.01. The molecule has 0 saturated carbocycles. The molecule has 2 heterocycles. The number of hydrogen-bond donors (Lipinski definition) is 1. The zero-order valence-corrected chi connectivity index (χ0v) is 15.0. The molecule has 0 aliphatic rings. The molecular formula is C22H18FN3O2. The van der Waals surface area contributed by atoms with Gasteiger partial charge in [-0.2, -0.15) is 0 Å². The van der Waals surface area contributed by atoms with E-state index in [2.05, 4.69) is 10.3 Å². The Morgan fingerprint density at radius 2 is 1.86 bits per heavy atom. The summed E-state index contributed by atoms with van der Waals surface area (Å²) in [5, 5.41) is 2.90. The number of imidazole rings is 1. The fraction of sp³-hybridized carbons (Fsp3) is 0.0909. The first-order chi connectivity index (χ1) is 13.7. The van der Waals surface area contributed by atoms with E-state index in [0.29, 0.717) is 23.6 Å². The Balaban J connectivity index is 1.35. The van der Waals surface area contributed by atoms with Crippen molar-refractivity contribution < 1.29 is 13.9 Å². The molecule has 5 nitrogen and oxygen atoms in total. The lowest BCUT2D eigenvalue weighted by molar-refractivity contribution is 0.0944. The summed E-state index contributed by atoms with van der Waals surface area (Å²) >= 11 is 0. The van der Waals surface area contributed by atoms with Gasteiger partial charge in [0.05, 0.1) is 18.0 Å². The highest BCUT2D eigenvalue weighted by Crippen LogP contribution is 2.16. The minimum Gasteiger partial charge on any atom is -0.489 e.